The van der Waals surface area contributed by atoms with E-state index in [-0.39, 0.29) is 6.04 Å². The van der Waals surface area contributed by atoms with E-state index < -0.39 is 0 Å². The molecule has 0 amide bonds. The zero-order valence-corrected chi connectivity index (χ0v) is 22.2. The molecule has 37 heavy (non-hydrogen) atoms. The quantitative estimate of drug-likeness (QED) is 0.251. The lowest BCUT2D eigenvalue weighted by molar-refractivity contribution is 0.591. The molecule has 0 radical (unpaired) electrons. The highest BCUT2D eigenvalue weighted by Gasteiger charge is 2.24. The zero-order chi connectivity index (χ0) is 25.7. The Hall–Kier alpha value is -4.18. The van der Waals surface area contributed by atoms with E-state index in [1.807, 2.05) is 0 Å². The summed E-state index contributed by atoms with van der Waals surface area (Å²) in [5.74, 6) is 0. The van der Waals surface area contributed by atoms with Gasteiger partial charge in [-0.2, -0.15) is 9.61 Å². The number of fused-ring (bicyclic) bond motifs is 3. The van der Waals surface area contributed by atoms with Crippen molar-refractivity contribution in [3.05, 3.63) is 124 Å². The third-order valence-electron chi connectivity index (χ3n) is 7.51. The van der Waals surface area contributed by atoms with Crippen LogP contribution in [-0.4, -0.2) is 19.2 Å². The molecule has 0 N–H and O–H groups in total. The van der Waals surface area contributed by atoms with Crippen LogP contribution in [-0.2, 0) is 6.42 Å². The van der Waals surface area contributed by atoms with Crippen LogP contribution in [0.5, 0.6) is 0 Å². The van der Waals surface area contributed by atoms with Gasteiger partial charge in [-0.1, -0.05) is 78.4 Å². The number of aromatic nitrogens is 4. The van der Waals surface area contributed by atoms with Gasteiger partial charge in [-0.15, -0.1) is 0 Å². The second-order valence-electron chi connectivity index (χ2n) is 10.2. The zero-order valence-electron chi connectivity index (χ0n) is 22.2. The summed E-state index contributed by atoms with van der Waals surface area (Å²) in [6, 6.07) is 28.3. The number of nitrogens with zero attached hydrogens (tertiary/aromatic N) is 4. The molecule has 1 unspecified atom stereocenters. The summed E-state index contributed by atoms with van der Waals surface area (Å²) in [5, 5.41) is 6.25. The van der Waals surface area contributed by atoms with Gasteiger partial charge in [0.15, 0.2) is 5.65 Å². The molecule has 0 aliphatic heterocycles. The summed E-state index contributed by atoms with van der Waals surface area (Å²) < 4.78 is 4.47. The van der Waals surface area contributed by atoms with Crippen LogP contribution in [0.4, 0.5) is 0 Å². The lowest BCUT2D eigenvalue weighted by Gasteiger charge is -2.21. The highest BCUT2D eigenvalue weighted by atomic mass is 15.3. The minimum Gasteiger partial charge on any atom is -0.325 e. The Kier molecular flexibility index (Phi) is 5.68. The van der Waals surface area contributed by atoms with E-state index in [0.29, 0.717) is 0 Å². The average molecular weight is 485 g/mol. The van der Waals surface area contributed by atoms with Crippen LogP contribution in [0.2, 0.25) is 0 Å². The van der Waals surface area contributed by atoms with Crippen LogP contribution in [0.25, 0.3) is 27.8 Å². The SMILES string of the molecule is Cc1cc(C)c(-c2c(C)nn3c2nc(C)c2ccn(C(Cc4ccccc4)c4ccccc4)c23)c(C)c1. The third kappa shape index (κ3) is 3.93. The van der Waals surface area contributed by atoms with Gasteiger partial charge in [0.25, 0.3) is 0 Å². The van der Waals surface area contributed by atoms with Crippen LogP contribution in [0, 0.1) is 34.6 Å². The van der Waals surface area contributed by atoms with Gasteiger partial charge in [0.2, 0.25) is 0 Å². The lowest BCUT2D eigenvalue weighted by atomic mass is 9.94. The van der Waals surface area contributed by atoms with E-state index in [9.17, 15) is 0 Å². The van der Waals surface area contributed by atoms with E-state index in [2.05, 4.69) is 129 Å². The van der Waals surface area contributed by atoms with Crippen molar-refractivity contribution in [2.45, 2.75) is 47.1 Å². The molecular formula is C33H32N4. The summed E-state index contributed by atoms with van der Waals surface area (Å²) in [7, 11) is 0. The van der Waals surface area contributed by atoms with Gasteiger partial charge in [0.05, 0.1) is 23.0 Å². The first kappa shape index (κ1) is 23.2. The van der Waals surface area contributed by atoms with Crippen LogP contribution in [0.3, 0.4) is 0 Å². The molecule has 0 aliphatic carbocycles. The first-order valence-corrected chi connectivity index (χ1v) is 13.0. The Morgan fingerprint density at radius 3 is 2.05 bits per heavy atom. The fraction of sp³-hybridized carbons (Fsp3) is 0.212. The van der Waals surface area contributed by atoms with Gasteiger partial charge < -0.3 is 4.57 Å². The van der Waals surface area contributed by atoms with Gasteiger partial charge in [0, 0.05) is 11.6 Å². The highest BCUT2D eigenvalue weighted by Crippen LogP contribution is 2.36. The number of benzene rings is 3. The average Bonchev–Trinajstić information content (AvgIpc) is 3.45. The summed E-state index contributed by atoms with van der Waals surface area (Å²) in [5.41, 5.74) is 12.8. The largest absolute Gasteiger partial charge is 0.325 e. The van der Waals surface area contributed by atoms with Gasteiger partial charge in [0.1, 0.15) is 5.65 Å². The van der Waals surface area contributed by atoms with Crippen LogP contribution < -0.4 is 0 Å². The first-order chi connectivity index (χ1) is 17.9. The first-order valence-electron chi connectivity index (χ1n) is 13.0. The molecule has 0 bridgehead atoms. The van der Waals surface area contributed by atoms with Gasteiger partial charge in [-0.05, 0) is 74.9 Å². The Labute approximate surface area is 218 Å². The highest BCUT2D eigenvalue weighted by molar-refractivity contribution is 5.89. The van der Waals surface area contributed by atoms with E-state index in [1.54, 1.807) is 0 Å². The fourth-order valence-corrected chi connectivity index (χ4v) is 5.94. The Morgan fingerprint density at radius 2 is 1.38 bits per heavy atom. The number of rotatable bonds is 5. The van der Waals surface area contributed by atoms with Crippen LogP contribution in [0.15, 0.2) is 85.1 Å². The molecule has 0 saturated carbocycles. The minimum atomic E-state index is 0.127. The molecule has 184 valence electrons. The van der Waals surface area contributed by atoms with E-state index in [1.165, 1.54) is 33.4 Å². The third-order valence-corrected chi connectivity index (χ3v) is 7.51. The second-order valence-corrected chi connectivity index (χ2v) is 10.2. The molecule has 6 rings (SSSR count). The van der Waals surface area contributed by atoms with Crippen molar-refractivity contribution in [1.82, 2.24) is 19.2 Å². The van der Waals surface area contributed by atoms with Crippen molar-refractivity contribution in [1.29, 1.82) is 0 Å². The van der Waals surface area contributed by atoms with Crippen molar-refractivity contribution in [3.63, 3.8) is 0 Å². The van der Waals surface area contributed by atoms with Crippen molar-refractivity contribution in [2.24, 2.45) is 0 Å². The van der Waals surface area contributed by atoms with E-state index >= 15 is 0 Å². The predicted octanol–water partition coefficient (Wildman–Crippen LogP) is 7.73. The standard InChI is InChI=1S/C33H32N4/c1-21-18-22(2)30(23(3)19-21)31-25(5)35-37-32(31)34-24(4)28-16-17-36(33(28)37)29(27-14-10-7-11-15-27)20-26-12-8-6-9-13-26/h6-19,29H,20H2,1-5H3. The van der Waals surface area contributed by atoms with Crippen molar-refractivity contribution < 1.29 is 0 Å². The maximum absolute atomic E-state index is 5.12. The van der Waals surface area contributed by atoms with Crippen LogP contribution >= 0.6 is 0 Å². The number of aryl methyl sites for hydroxylation is 5. The predicted molar refractivity (Wildman–Crippen MR) is 152 cm³/mol. The molecular weight excluding hydrogens is 452 g/mol. The Balaban J connectivity index is 1.63. The molecule has 0 spiro atoms. The lowest BCUT2D eigenvalue weighted by Crippen LogP contribution is -2.15. The second kappa shape index (κ2) is 9.04. The van der Waals surface area contributed by atoms with Crippen molar-refractivity contribution >= 4 is 16.7 Å². The Bertz CT molecular complexity index is 1720. The molecule has 6 aromatic rings. The normalized spacial score (nSPS) is 12.5. The molecule has 1 atom stereocenters. The monoisotopic (exact) mass is 484 g/mol. The van der Waals surface area contributed by atoms with E-state index in [4.69, 9.17) is 10.1 Å². The van der Waals surface area contributed by atoms with E-state index in [0.717, 1.165) is 40.1 Å². The molecule has 4 heteroatoms. The smallest absolute Gasteiger partial charge is 0.165 e. The fourth-order valence-electron chi connectivity index (χ4n) is 5.94. The maximum Gasteiger partial charge on any atom is 0.165 e. The molecule has 3 heterocycles. The summed E-state index contributed by atoms with van der Waals surface area (Å²) in [4.78, 5) is 5.12. The maximum atomic E-state index is 5.12. The van der Waals surface area contributed by atoms with Crippen molar-refractivity contribution in [3.8, 4) is 11.1 Å². The van der Waals surface area contributed by atoms with Gasteiger partial charge >= 0.3 is 0 Å². The molecule has 0 fully saturated rings. The minimum absolute atomic E-state index is 0.127. The van der Waals surface area contributed by atoms with Gasteiger partial charge in [-0.25, -0.2) is 4.98 Å². The summed E-state index contributed by atoms with van der Waals surface area (Å²) >= 11 is 0. The number of hydrogen-bond acceptors (Lipinski definition) is 2. The topological polar surface area (TPSA) is 35.1 Å². The Morgan fingerprint density at radius 1 is 0.730 bits per heavy atom. The van der Waals surface area contributed by atoms with Crippen molar-refractivity contribution in [2.75, 3.05) is 0 Å². The van der Waals surface area contributed by atoms with Crippen LogP contribution in [0.1, 0.15) is 45.2 Å². The molecule has 3 aromatic carbocycles. The summed E-state index contributed by atoms with van der Waals surface area (Å²) in [6.07, 6.45) is 3.10. The van der Waals surface area contributed by atoms with Gasteiger partial charge in [-0.3, -0.25) is 0 Å². The molecule has 4 nitrogen and oxygen atoms in total. The number of hydrogen-bond donors (Lipinski definition) is 0. The molecule has 0 saturated heterocycles. The summed E-state index contributed by atoms with van der Waals surface area (Å²) in [6.45, 7) is 10.8. The molecule has 0 aliphatic rings. The molecule has 3 aromatic heterocycles.